The Balaban J connectivity index is 4.54. The molecule has 0 spiro atoms. The van der Waals surface area contributed by atoms with Gasteiger partial charge in [0.05, 0.1) is 26.2 Å². The molecular weight excluding hydrogens is 370 g/mol. The van der Waals surface area contributed by atoms with E-state index in [9.17, 15) is 4.79 Å². The lowest BCUT2D eigenvalue weighted by Gasteiger charge is -2.39. The standard InChI is InChI=1S/C27H55NO2/c1-4-7-10-18-23-28(24-19-11-8-5-2,25-20-12-9-6-3)26-21-16-14-13-15-17-22-27(29)30/h4-26H2,1-3H3/p+1. The number of hydrogen-bond donors (Lipinski definition) is 1. The molecule has 3 heteroatoms. The van der Waals surface area contributed by atoms with E-state index in [0.717, 1.165) is 12.8 Å². The summed E-state index contributed by atoms with van der Waals surface area (Å²) in [5, 5.41) is 8.76. The molecule has 180 valence electrons. The third-order valence-electron chi connectivity index (χ3n) is 6.73. The molecule has 0 aromatic carbocycles. The molecule has 0 heterocycles. The molecule has 0 bridgehead atoms. The number of aliphatic carboxylic acids is 1. The molecule has 1 N–H and O–H groups in total. The van der Waals surface area contributed by atoms with E-state index in [1.54, 1.807) is 0 Å². The van der Waals surface area contributed by atoms with Crippen LogP contribution in [0.25, 0.3) is 0 Å². The minimum absolute atomic E-state index is 0.341. The second-order valence-electron chi connectivity index (χ2n) is 9.68. The fraction of sp³-hybridized carbons (Fsp3) is 0.963. The smallest absolute Gasteiger partial charge is 0.303 e. The minimum atomic E-state index is -0.647. The number of carbonyl (C=O) groups is 1. The maximum absolute atomic E-state index is 10.6. The molecule has 0 aromatic heterocycles. The summed E-state index contributed by atoms with van der Waals surface area (Å²) in [4.78, 5) is 10.6. The second kappa shape index (κ2) is 21.7. The van der Waals surface area contributed by atoms with Gasteiger partial charge < -0.3 is 9.59 Å². The normalized spacial score (nSPS) is 11.8. The van der Waals surface area contributed by atoms with Crippen molar-refractivity contribution in [3.63, 3.8) is 0 Å². The van der Waals surface area contributed by atoms with Gasteiger partial charge >= 0.3 is 5.97 Å². The first-order valence-electron chi connectivity index (χ1n) is 13.7. The topological polar surface area (TPSA) is 37.3 Å². The van der Waals surface area contributed by atoms with Crippen LogP contribution < -0.4 is 0 Å². The highest BCUT2D eigenvalue weighted by molar-refractivity contribution is 5.66. The van der Waals surface area contributed by atoms with Crippen LogP contribution in [-0.2, 0) is 4.79 Å². The van der Waals surface area contributed by atoms with Crippen LogP contribution in [0.2, 0.25) is 0 Å². The number of quaternary nitrogens is 1. The number of carboxylic acids is 1. The molecule has 0 amide bonds. The van der Waals surface area contributed by atoms with Gasteiger partial charge in [0, 0.05) is 6.42 Å². The highest BCUT2D eigenvalue weighted by Gasteiger charge is 2.25. The molecule has 0 radical (unpaired) electrons. The van der Waals surface area contributed by atoms with Gasteiger partial charge in [-0.05, 0) is 57.8 Å². The molecule has 0 aliphatic heterocycles. The van der Waals surface area contributed by atoms with Crippen LogP contribution in [0.1, 0.15) is 143 Å². The predicted molar refractivity (Wildman–Crippen MR) is 132 cm³/mol. The van der Waals surface area contributed by atoms with Crippen LogP contribution in [0.4, 0.5) is 0 Å². The summed E-state index contributed by atoms with van der Waals surface area (Å²) >= 11 is 0. The fourth-order valence-electron chi connectivity index (χ4n) is 4.72. The first-order valence-corrected chi connectivity index (χ1v) is 13.7. The Morgan fingerprint density at radius 2 is 0.800 bits per heavy atom. The quantitative estimate of drug-likeness (QED) is 0.124. The molecule has 0 aromatic rings. The fourth-order valence-corrected chi connectivity index (χ4v) is 4.72. The van der Waals surface area contributed by atoms with Gasteiger partial charge in [-0.15, -0.1) is 0 Å². The number of nitrogens with zero attached hydrogens (tertiary/aromatic N) is 1. The second-order valence-corrected chi connectivity index (χ2v) is 9.68. The van der Waals surface area contributed by atoms with Gasteiger partial charge in [0.15, 0.2) is 0 Å². The van der Waals surface area contributed by atoms with Gasteiger partial charge in [0.2, 0.25) is 0 Å². The molecule has 0 rings (SSSR count). The third-order valence-corrected chi connectivity index (χ3v) is 6.73. The molecular formula is C27H56NO2+. The van der Waals surface area contributed by atoms with Crippen LogP contribution in [0.5, 0.6) is 0 Å². The van der Waals surface area contributed by atoms with Crippen molar-refractivity contribution in [1.82, 2.24) is 0 Å². The summed E-state index contributed by atoms with van der Waals surface area (Å²) < 4.78 is 1.39. The van der Waals surface area contributed by atoms with Crippen LogP contribution in [0, 0.1) is 0 Å². The molecule has 0 aliphatic carbocycles. The van der Waals surface area contributed by atoms with Crippen molar-refractivity contribution in [3.8, 4) is 0 Å². The third kappa shape index (κ3) is 18.2. The molecule has 0 unspecified atom stereocenters. The lowest BCUT2D eigenvalue weighted by atomic mass is 10.1. The van der Waals surface area contributed by atoms with Crippen molar-refractivity contribution in [2.75, 3.05) is 26.2 Å². The maximum Gasteiger partial charge on any atom is 0.303 e. The van der Waals surface area contributed by atoms with Crippen molar-refractivity contribution in [2.24, 2.45) is 0 Å². The van der Waals surface area contributed by atoms with E-state index >= 15 is 0 Å². The summed E-state index contributed by atoms with van der Waals surface area (Å²) in [7, 11) is 0. The Bertz CT molecular complexity index is 339. The van der Waals surface area contributed by atoms with Crippen molar-refractivity contribution < 1.29 is 14.4 Å². The average molecular weight is 427 g/mol. The van der Waals surface area contributed by atoms with Crippen molar-refractivity contribution in [3.05, 3.63) is 0 Å². The van der Waals surface area contributed by atoms with Crippen molar-refractivity contribution in [2.45, 2.75) is 143 Å². The van der Waals surface area contributed by atoms with Gasteiger partial charge in [0.25, 0.3) is 0 Å². The van der Waals surface area contributed by atoms with Crippen molar-refractivity contribution >= 4 is 5.97 Å². The van der Waals surface area contributed by atoms with E-state index in [0.29, 0.717) is 6.42 Å². The van der Waals surface area contributed by atoms with Crippen molar-refractivity contribution in [1.29, 1.82) is 0 Å². The molecule has 0 atom stereocenters. The van der Waals surface area contributed by atoms with E-state index in [1.165, 1.54) is 133 Å². The minimum Gasteiger partial charge on any atom is -0.481 e. The Labute approximate surface area is 189 Å². The SMILES string of the molecule is CCCCCC[N+](CCCCCC)(CCCCCC)CCCCCCCCC(=O)O. The summed E-state index contributed by atoms with van der Waals surface area (Å²) in [6, 6.07) is 0. The highest BCUT2D eigenvalue weighted by Crippen LogP contribution is 2.20. The first-order chi connectivity index (χ1) is 14.6. The maximum atomic E-state index is 10.6. The molecule has 0 saturated carbocycles. The largest absolute Gasteiger partial charge is 0.481 e. The van der Waals surface area contributed by atoms with Gasteiger partial charge in [-0.25, -0.2) is 0 Å². The van der Waals surface area contributed by atoms with Gasteiger partial charge in [0.1, 0.15) is 0 Å². The zero-order valence-electron chi connectivity index (χ0n) is 21.1. The number of rotatable bonds is 24. The van der Waals surface area contributed by atoms with Crippen LogP contribution in [-0.4, -0.2) is 41.7 Å². The Hall–Kier alpha value is -0.570. The van der Waals surface area contributed by atoms with E-state index in [2.05, 4.69) is 20.8 Å². The van der Waals surface area contributed by atoms with E-state index in [4.69, 9.17) is 5.11 Å². The Kier molecular flexibility index (Phi) is 21.2. The van der Waals surface area contributed by atoms with E-state index < -0.39 is 5.97 Å². The lowest BCUT2D eigenvalue weighted by molar-refractivity contribution is -0.929. The van der Waals surface area contributed by atoms with E-state index in [-0.39, 0.29) is 0 Å². The number of hydrogen-bond acceptors (Lipinski definition) is 1. The monoisotopic (exact) mass is 426 g/mol. The van der Waals surface area contributed by atoms with Gasteiger partial charge in [-0.1, -0.05) is 78.6 Å². The predicted octanol–water partition coefficient (Wildman–Crippen LogP) is 8.36. The Morgan fingerprint density at radius 3 is 1.13 bits per heavy atom. The van der Waals surface area contributed by atoms with Gasteiger partial charge in [-0.2, -0.15) is 0 Å². The number of unbranched alkanes of at least 4 members (excludes halogenated alkanes) is 14. The molecule has 0 fully saturated rings. The van der Waals surface area contributed by atoms with Crippen LogP contribution in [0.15, 0.2) is 0 Å². The highest BCUT2D eigenvalue weighted by atomic mass is 16.4. The Morgan fingerprint density at radius 1 is 0.500 bits per heavy atom. The molecule has 30 heavy (non-hydrogen) atoms. The first kappa shape index (κ1) is 29.4. The van der Waals surface area contributed by atoms with Crippen LogP contribution >= 0.6 is 0 Å². The summed E-state index contributed by atoms with van der Waals surface area (Å²) in [6.07, 6.45) is 24.0. The summed E-state index contributed by atoms with van der Waals surface area (Å²) in [5.74, 6) is -0.647. The van der Waals surface area contributed by atoms with Crippen LogP contribution in [0.3, 0.4) is 0 Å². The average Bonchev–Trinajstić information content (AvgIpc) is 2.73. The zero-order chi connectivity index (χ0) is 22.3. The van der Waals surface area contributed by atoms with E-state index in [1.807, 2.05) is 0 Å². The summed E-state index contributed by atoms with van der Waals surface area (Å²) in [5.41, 5.74) is 0. The lowest BCUT2D eigenvalue weighted by Crippen LogP contribution is -2.50. The molecule has 0 saturated heterocycles. The summed E-state index contributed by atoms with van der Waals surface area (Å²) in [6.45, 7) is 12.5. The molecule has 3 nitrogen and oxygen atoms in total. The zero-order valence-corrected chi connectivity index (χ0v) is 21.1. The number of carboxylic acid groups (broad SMARTS) is 1. The van der Waals surface area contributed by atoms with Gasteiger partial charge in [-0.3, -0.25) is 4.79 Å². The molecule has 0 aliphatic rings.